The summed E-state index contributed by atoms with van der Waals surface area (Å²) < 4.78 is 5.92. The van der Waals surface area contributed by atoms with E-state index < -0.39 is 0 Å². The van der Waals surface area contributed by atoms with Crippen molar-refractivity contribution >= 4 is 34.8 Å². The highest BCUT2D eigenvalue weighted by molar-refractivity contribution is 6.42. The molecule has 1 atom stereocenters. The van der Waals surface area contributed by atoms with Gasteiger partial charge < -0.3 is 15.8 Å². The molecule has 0 saturated heterocycles. The Kier molecular flexibility index (Phi) is 7.53. The Bertz CT molecular complexity index is 947. The molecule has 3 rings (SSSR count). The van der Waals surface area contributed by atoms with Crippen LogP contribution in [0.1, 0.15) is 27.4 Å². The standard InChI is InChI=1S/C23H22Cl2N2O2/c24-21-11-6-16(12-22(21)25)14-29-15-19(17-4-2-1-3-5-17)13-27-23(28)18-7-9-20(26)10-8-18/h1-12,19H,13-15,26H2,(H,27,28). The molecule has 0 bridgehead atoms. The Labute approximate surface area is 180 Å². The molecule has 3 aromatic carbocycles. The van der Waals surface area contributed by atoms with Crippen LogP contribution in [0.5, 0.6) is 0 Å². The van der Waals surface area contributed by atoms with Gasteiger partial charge in [-0.1, -0.05) is 59.6 Å². The van der Waals surface area contributed by atoms with Gasteiger partial charge in [0.2, 0.25) is 0 Å². The maximum Gasteiger partial charge on any atom is 0.251 e. The van der Waals surface area contributed by atoms with Crippen molar-refractivity contribution < 1.29 is 9.53 Å². The van der Waals surface area contributed by atoms with E-state index in [9.17, 15) is 4.79 Å². The summed E-state index contributed by atoms with van der Waals surface area (Å²) in [6.45, 7) is 1.31. The number of benzene rings is 3. The number of nitrogen functional groups attached to an aromatic ring is 1. The topological polar surface area (TPSA) is 64.4 Å². The third-order valence-corrected chi connectivity index (χ3v) is 5.26. The summed E-state index contributed by atoms with van der Waals surface area (Å²) in [5.41, 5.74) is 8.92. The molecule has 0 aliphatic heterocycles. The minimum atomic E-state index is -0.143. The molecule has 6 heteroatoms. The Hall–Kier alpha value is -2.53. The number of hydrogen-bond donors (Lipinski definition) is 2. The monoisotopic (exact) mass is 428 g/mol. The van der Waals surface area contributed by atoms with E-state index in [1.165, 1.54) is 0 Å². The van der Waals surface area contributed by atoms with Gasteiger partial charge in [0.1, 0.15) is 0 Å². The van der Waals surface area contributed by atoms with Crippen molar-refractivity contribution in [3.8, 4) is 0 Å². The number of nitrogens with two attached hydrogens (primary N) is 1. The lowest BCUT2D eigenvalue weighted by atomic mass is 10.00. The molecule has 3 aromatic rings. The third-order valence-electron chi connectivity index (χ3n) is 4.52. The van der Waals surface area contributed by atoms with Crippen molar-refractivity contribution in [1.29, 1.82) is 0 Å². The van der Waals surface area contributed by atoms with Crippen molar-refractivity contribution in [3.63, 3.8) is 0 Å². The minimum Gasteiger partial charge on any atom is -0.399 e. The predicted octanol–water partition coefficient (Wildman–Crippen LogP) is 5.31. The fourth-order valence-electron chi connectivity index (χ4n) is 2.90. The molecule has 4 nitrogen and oxygen atoms in total. The van der Waals surface area contributed by atoms with E-state index in [-0.39, 0.29) is 11.8 Å². The average molecular weight is 429 g/mol. The SMILES string of the molecule is Nc1ccc(C(=O)NCC(COCc2ccc(Cl)c(Cl)c2)c2ccccc2)cc1. The van der Waals surface area contributed by atoms with Gasteiger partial charge in [0.25, 0.3) is 5.91 Å². The molecule has 29 heavy (non-hydrogen) atoms. The number of ether oxygens (including phenoxy) is 1. The highest BCUT2D eigenvalue weighted by Gasteiger charge is 2.14. The zero-order valence-corrected chi connectivity index (χ0v) is 17.3. The van der Waals surface area contributed by atoms with E-state index in [0.29, 0.717) is 41.1 Å². The number of halogens is 2. The summed E-state index contributed by atoms with van der Waals surface area (Å²) in [7, 11) is 0. The van der Waals surface area contributed by atoms with Crippen LogP contribution in [0, 0.1) is 0 Å². The molecular weight excluding hydrogens is 407 g/mol. The maximum absolute atomic E-state index is 12.4. The van der Waals surface area contributed by atoms with Gasteiger partial charge in [-0.2, -0.15) is 0 Å². The lowest BCUT2D eigenvalue weighted by molar-refractivity contribution is 0.0910. The zero-order valence-electron chi connectivity index (χ0n) is 15.8. The van der Waals surface area contributed by atoms with Crippen LogP contribution in [0.3, 0.4) is 0 Å². The second kappa shape index (κ2) is 10.3. The number of nitrogens with one attached hydrogen (secondary N) is 1. The molecule has 0 radical (unpaired) electrons. The number of carbonyl (C=O) groups excluding carboxylic acids is 1. The molecule has 0 aliphatic carbocycles. The van der Waals surface area contributed by atoms with Crippen LogP contribution in [0.15, 0.2) is 72.8 Å². The van der Waals surface area contributed by atoms with Gasteiger partial charge in [-0.15, -0.1) is 0 Å². The first-order valence-electron chi connectivity index (χ1n) is 9.23. The summed E-state index contributed by atoms with van der Waals surface area (Å²) in [5, 5.41) is 4.00. The van der Waals surface area contributed by atoms with E-state index in [2.05, 4.69) is 5.32 Å². The molecule has 1 amide bonds. The fraction of sp³-hybridized carbons (Fsp3) is 0.174. The average Bonchev–Trinajstić information content (AvgIpc) is 2.74. The maximum atomic E-state index is 12.4. The molecule has 3 N–H and O–H groups in total. The van der Waals surface area contributed by atoms with Crippen LogP contribution in [-0.2, 0) is 11.3 Å². The smallest absolute Gasteiger partial charge is 0.251 e. The zero-order chi connectivity index (χ0) is 20.6. The van der Waals surface area contributed by atoms with Crippen molar-refractivity contribution in [2.24, 2.45) is 0 Å². The Morgan fingerprint density at radius 1 is 0.966 bits per heavy atom. The molecular formula is C23H22Cl2N2O2. The van der Waals surface area contributed by atoms with Gasteiger partial charge in [0, 0.05) is 23.7 Å². The normalized spacial score (nSPS) is 11.8. The summed E-state index contributed by atoms with van der Waals surface area (Å²) in [6.07, 6.45) is 0. The first kappa shape index (κ1) is 21.2. The quantitative estimate of drug-likeness (QED) is 0.478. The lowest BCUT2D eigenvalue weighted by Crippen LogP contribution is -2.30. The number of rotatable bonds is 8. The largest absolute Gasteiger partial charge is 0.399 e. The van der Waals surface area contributed by atoms with Gasteiger partial charge in [-0.25, -0.2) is 0 Å². The lowest BCUT2D eigenvalue weighted by Gasteiger charge is -2.19. The van der Waals surface area contributed by atoms with Gasteiger partial charge in [0.15, 0.2) is 0 Å². The molecule has 1 unspecified atom stereocenters. The van der Waals surface area contributed by atoms with Crippen molar-refractivity contribution in [3.05, 3.63) is 99.5 Å². The van der Waals surface area contributed by atoms with Crippen LogP contribution < -0.4 is 11.1 Å². The van der Waals surface area contributed by atoms with Gasteiger partial charge in [0.05, 0.1) is 23.3 Å². The van der Waals surface area contributed by atoms with Gasteiger partial charge in [-0.05, 0) is 47.5 Å². The number of hydrogen-bond acceptors (Lipinski definition) is 3. The van der Waals surface area contributed by atoms with Crippen LogP contribution in [0.2, 0.25) is 10.0 Å². The van der Waals surface area contributed by atoms with Crippen LogP contribution in [-0.4, -0.2) is 19.1 Å². The fourth-order valence-corrected chi connectivity index (χ4v) is 3.22. The summed E-state index contributed by atoms with van der Waals surface area (Å²) in [5.74, 6) is -0.132. The molecule has 150 valence electrons. The highest BCUT2D eigenvalue weighted by Crippen LogP contribution is 2.23. The van der Waals surface area contributed by atoms with E-state index in [4.69, 9.17) is 33.7 Å². The summed E-state index contributed by atoms with van der Waals surface area (Å²) in [6, 6.07) is 22.3. The highest BCUT2D eigenvalue weighted by atomic mass is 35.5. The Balaban J connectivity index is 1.61. The number of carbonyl (C=O) groups is 1. The molecule has 0 spiro atoms. The predicted molar refractivity (Wildman–Crippen MR) is 118 cm³/mol. The van der Waals surface area contributed by atoms with E-state index in [1.807, 2.05) is 36.4 Å². The van der Waals surface area contributed by atoms with Crippen molar-refractivity contribution in [2.75, 3.05) is 18.9 Å². The van der Waals surface area contributed by atoms with Crippen molar-refractivity contribution in [1.82, 2.24) is 5.32 Å². The second-order valence-electron chi connectivity index (χ2n) is 6.70. The minimum absolute atomic E-state index is 0.0108. The summed E-state index contributed by atoms with van der Waals surface area (Å²) in [4.78, 5) is 12.4. The van der Waals surface area contributed by atoms with E-state index in [1.54, 1.807) is 36.4 Å². The van der Waals surface area contributed by atoms with Crippen LogP contribution in [0.25, 0.3) is 0 Å². The van der Waals surface area contributed by atoms with Gasteiger partial charge in [-0.3, -0.25) is 4.79 Å². The van der Waals surface area contributed by atoms with E-state index >= 15 is 0 Å². The second-order valence-corrected chi connectivity index (χ2v) is 7.52. The number of anilines is 1. The summed E-state index contributed by atoms with van der Waals surface area (Å²) >= 11 is 12.0. The number of amides is 1. The van der Waals surface area contributed by atoms with E-state index in [0.717, 1.165) is 11.1 Å². The molecule has 0 aliphatic rings. The van der Waals surface area contributed by atoms with Crippen LogP contribution in [0.4, 0.5) is 5.69 Å². The molecule has 0 aromatic heterocycles. The van der Waals surface area contributed by atoms with Crippen molar-refractivity contribution in [2.45, 2.75) is 12.5 Å². The van der Waals surface area contributed by atoms with Gasteiger partial charge >= 0.3 is 0 Å². The first-order valence-corrected chi connectivity index (χ1v) is 9.99. The first-order chi connectivity index (χ1) is 14.0. The Morgan fingerprint density at radius 2 is 1.69 bits per heavy atom. The molecule has 0 saturated carbocycles. The van der Waals surface area contributed by atoms with Crippen LogP contribution >= 0.6 is 23.2 Å². The molecule has 0 heterocycles. The molecule has 0 fully saturated rings. The third kappa shape index (κ3) is 6.23. The Morgan fingerprint density at radius 3 is 2.38 bits per heavy atom.